The van der Waals surface area contributed by atoms with Crippen LogP contribution in [-0.2, 0) is 6.54 Å². The highest BCUT2D eigenvalue weighted by atomic mass is 127. The third-order valence-electron chi connectivity index (χ3n) is 3.67. The van der Waals surface area contributed by atoms with E-state index in [2.05, 4.69) is 48.5 Å². The van der Waals surface area contributed by atoms with Gasteiger partial charge in [0.05, 0.1) is 14.7 Å². The highest BCUT2D eigenvalue weighted by Crippen LogP contribution is 2.24. The van der Waals surface area contributed by atoms with Gasteiger partial charge in [-0.3, -0.25) is 24.4 Å². The van der Waals surface area contributed by atoms with Crippen LogP contribution in [0.25, 0.3) is 0 Å². The van der Waals surface area contributed by atoms with Crippen molar-refractivity contribution in [3.8, 4) is 0 Å². The Labute approximate surface area is 187 Å². The van der Waals surface area contributed by atoms with Crippen molar-refractivity contribution < 1.29 is 19.0 Å². The number of nitro benzene ring substituents is 1. The van der Waals surface area contributed by atoms with Gasteiger partial charge in [-0.25, -0.2) is 0 Å². The molecule has 3 aromatic rings. The number of benzene rings is 1. The van der Waals surface area contributed by atoms with Gasteiger partial charge in [-0.05, 0) is 34.7 Å². The molecule has 0 saturated carbocycles. The van der Waals surface area contributed by atoms with E-state index in [1.807, 2.05) is 0 Å². The molecule has 0 unspecified atom stereocenters. The van der Waals surface area contributed by atoms with E-state index in [1.165, 1.54) is 12.1 Å². The average molecular weight is 546 g/mol. The van der Waals surface area contributed by atoms with Crippen LogP contribution in [0.4, 0.5) is 5.69 Å². The Morgan fingerprint density at radius 1 is 1.27 bits per heavy atom. The van der Waals surface area contributed by atoms with Crippen LogP contribution in [0.3, 0.4) is 0 Å². The topological polar surface area (TPSA) is 158 Å². The number of hydrogen-bond donors (Lipinski definition) is 2. The van der Waals surface area contributed by atoms with Crippen molar-refractivity contribution in [1.82, 2.24) is 30.6 Å². The molecule has 0 aliphatic heterocycles. The number of amides is 2. The Morgan fingerprint density at radius 3 is 2.67 bits per heavy atom. The lowest BCUT2D eigenvalue weighted by atomic mass is 10.2. The van der Waals surface area contributed by atoms with E-state index in [1.54, 1.807) is 17.1 Å². The van der Waals surface area contributed by atoms with E-state index in [0.717, 1.165) is 9.64 Å². The summed E-state index contributed by atoms with van der Waals surface area (Å²) in [5, 5.41) is 23.7. The zero-order chi connectivity index (χ0) is 21.7. The van der Waals surface area contributed by atoms with Gasteiger partial charge in [-0.1, -0.05) is 16.8 Å². The fourth-order valence-corrected chi connectivity index (χ4v) is 2.94. The van der Waals surface area contributed by atoms with Crippen LogP contribution in [0, 0.1) is 13.7 Å². The number of hydrogen-bond acceptors (Lipinski definition) is 8. The maximum atomic E-state index is 12.1. The molecule has 12 nitrogen and oxygen atoms in total. The summed E-state index contributed by atoms with van der Waals surface area (Å²) < 4.78 is 7.47. The van der Waals surface area contributed by atoms with E-state index < -0.39 is 16.7 Å². The zero-order valence-corrected chi connectivity index (χ0v) is 18.0. The molecule has 0 fully saturated rings. The zero-order valence-electron chi connectivity index (χ0n) is 15.0. The van der Waals surface area contributed by atoms with Gasteiger partial charge in [0.25, 0.3) is 11.6 Å². The highest BCUT2D eigenvalue weighted by molar-refractivity contribution is 14.1. The van der Waals surface area contributed by atoms with Gasteiger partial charge in [0.2, 0.25) is 0 Å². The summed E-state index contributed by atoms with van der Waals surface area (Å²) in [5.74, 6) is -1.07. The van der Waals surface area contributed by atoms with Gasteiger partial charge in [0, 0.05) is 30.9 Å². The van der Waals surface area contributed by atoms with E-state index in [9.17, 15) is 19.7 Å². The molecule has 0 bridgehead atoms. The average Bonchev–Trinajstić information content (AvgIpc) is 3.34. The van der Waals surface area contributed by atoms with Crippen LogP contribution in [-0.4, -0.2) is 49.7 Å². The predicted molar refractivity (Wildman–Crippen MR) is 111 cm³/mol. The first kappa shape index (κ1) is 21.6. The van der Waals surface area contributed by atoms with Crippen molar-refractivity contribution in [3.63, 3.8) is 0 Å². The molecular weight excluding hydrogens is 533 g/mol. The SMILES string of the molecule is O=C(NCCNC(=O)c1nc(Cn2cc(I)cn2)no1)c1ccc(Cl)c([N+](=O)[O-])c1. The van der Waals surface area contributed by atoms with E-state index in [-0.39, 0.29) is 47.6 Å². The molecule has 2 N–H and O–H groups in total. The van der Waals surface area contributed by atoms with E-state index >= 15 is 0 Å². The van der Waals surface area contributed by atoms with E-state index in [4.69, 9.17) is 16.1 Å². The number of carbonyl (C=O) groups excluding carboxylic acids is 2. The molecule has 2 amide bonds. The van der Waals surface area contributed by atoms with Crippen molar-refractivity contribution in [2.45, 2.75) is 6.54 Å². The maximum absolute atomic E-state index is 12.1. The first-order valence-corrected chi connectivity index (χ1v) is 9.80. The van der Waals surface area contributed by atoms with Crippen molar-refractivity contribution in [2.75, 3.05) is 13.1 Å². The standard InChI is InChI=1S/C16H13ClIN7O5/c17-11-2-1-9(5-12(11)25(28)29)14(26)19-3-4-20-15(27)16-22-13(23-30-16)8-24-7-10(18)6-21-24/h1-2,5-7H,3-4,8H2,(H,19,26)(H,20,27). The Bertz CT molecular complexity index is 1100. The molecule has 14 heteroatoms. The lowest BCUT2D eigenvalue weighted by Crippen LogP contribution is -2.34. The number of rotatable bonds is 8. The molecule has 0 aliphatic carbocycles. The molecule has 30 heavy (non-hydrogen) atoms. The number of nitro groups is 1. The summed E-state index contributed by atoms with van der Waals surface area (Å²) in [4.78, 5) is 38.3. The van der Waals surface area contributed by atoms with Gasteiger partial charge >= 0.3 is 11.8 Å². The minimum absolute atomic E-state index is 0.0648. The number of aromatic nitrogens is 4. The molecule has 3 rings (SSSR count). The monoisotopic (exact) mass is 545 g/mol. The predicted octanol–water partition coefficient (Wildman–Crippen LogP) is 1.64. The molecule has 2 heterocycles. The van der Waals surface area contributed by atoms with E-state index in [0.29, 0.717) is 0 Å². The third kappa shape index (κ3) is 5.50. The molecule has 1 aromatic carbocycles. The van der Waals surface area contributed by atoms with Gasteiger partial charge < -0.3 is 15.2 Å². The largest absolute Gasteiger partial charge is 0.350 e. The Morgan fingerprint density at radius 2 is 2.00 bits per heavy atom. The van der Waals surface area contributed by atoms with Crippen molar-refractivity contribution in [1.29, 1.82) is 0 Å². The van der Waals surface area contributed by atoms with Gasteiger partial charge in [0.1, 0.15) is 11.6 Å². The number of halogens is 2. The Hall–Kier alpha value is -3.07. The summed E-state index contributed by atoms with van der Waals surface area (Å²) in [6.45, 7) is 0.409. The van der Waals surface area contributed by atoms with Crippen LogP contribution in [0.5, 0.6) is 0 Å². The lowest BCUT2D eigenvalue weighted by Gasteiger charge is -2.06. The second kappa shape index (κ2) is 9.62. The fraction of sp³-hybridized carbons (Fsp3) is 0.188. The number of carbonyl (C=O) groups is 2. The van der Waals surface area contributed by atoms with Gasteiger partial charge in [0.15, 0.2) is 5.82 Å². The molecule has 0 atom stereocenters. The van der Waals surface area contributed by atoms with Crippen LogP contribution in [0.1, 0.15) is 26.9 Å². The van der Waals surface area contributed by atoms with Crippen LogP contribution >= 0.6 is 34.2 Å². The second-order valence-electron chi connectivity index (χ2n) is 5.81. The minimum atomic E-state index is -0.675. The molecule has 0 saturated heterocycles. The summed E-state index contributed by atoms with van der Waals surface area (Å²) in [6.07, 6.45) is 3.46. The Kier molecular flexibility index (Phi) is 6.94. The van der Waals surface area contributed by atoms with Crippen molar-refractivity contribution in [2.24, 2.45) is 0 Å². The van der Waals surface area contributed by atoms with Crippen molar-refractivity contribution in [3.05, 3.63) is 66.6 Å². The third-order valence-corrected chi connectivity index (χ3v) is 4.55. The summed E-state index contributed by atoms with van der Waals surface area (Å²) in [6, 6.07) is 3.72. The summed E-state index contributed by atoms with van der Waals surface area (Å²) in [7, 11) is 0. The Balaban J connectivity index is 1.46. The molecular formula is C16H13ClIN7O5. The van der Waals surface area contributed by atoms with Gasteiger partial charge in [-0.2, -0.15) is 10.1 Å². The highest BCUT2D eigenvalue weighted by Gasteiger charge is 2.17. The smallest absolute Gasteiger partial charge is 0.316 e. The molecule has 0 spiro atoms. The fourth-order valence-electron chi connectivity index (χ4n) is 2.30. The van der Waals surface area contributed by atoms with Gasteiger partial charge in [-0.15, -0.1) is 0 Å². The number of nitrogens with one attached hydrogen (secondary N) is 2. The summed E-state index contributed by atoms with van der Waals surface area (Å²) in [5.41, 5.74) is -0.290. The normalized spacial score (nSPS) is 10.6. The van der Waals surface area contributed by atoms with Crippen LogP contribution < -0.4 is 10.6 Å². The summed E-state index contributed by atoms with van der Waals surface area (Å²) >= 11 is 7.83. The van der Waals surface area contributed by atoms with Crippen molar-refractivity contribution >= 4 is 51.7 Å². The number of nitrogens with zero attached hydrogens (tertiary/aromatic N) is 5. The quantitative estimate of drug-likeness (QED) is 0.187. The molecule has 0 radical (unpaired) electrons. The first-order valence-electron chi connectivity index (χ1n) is 8.34. The lowest BCUT2D eigenvalue weighted by molar-refractivity contribution is -0.384. The molecule has 156 valence electrons. The first-order chi connectivity index (χ1) is 14.3. The second-order valence-corrected chi connectivity index (χ2v) is 7.46. The van der Waals surface area contributed by atoms with Crippen LogP contribution in [0.15, 0.2) is 35.1 Å². The maximum Gasteiger partial charge on any atom is 0.316 e. The van der Waals surface area contributed by atoms with Crippen LogP contribution in [0.2, 0.25) is 5.02 Å². The molecule has 2 aromatic heterocycles. The molecule has 0 aliphatic rings. The minimum Gasteiger partial charge on any atom is -0.350 e.